The van der Waals surface area contributed by atoms with E-state index in [9.17, 15) is 8.78 Å². The van der Waals surface area contributed by atoms with Crippen LogP contribution in [-0.2, 0) is 6.54 Å². The van der Waals surface area contributed by atoms with Crippen LogP contribution in [0.3, 0.4) is 0 Å². The van der Waals surface area contributed by atoms with Crippen molar-refractivity contribution in [2.45, 2.75) is 16.3 Å². The lowest BCUT2D eigenvalue weighted by molar-refractivity contribution is 0.536. The van der Waals surface area contributed by atoms with Crippen LogP contribution in [0.4, 0.5) is 8.78 Å². The number of aromatic nitrogens is 1. The van der Waals surface area contributed by atoms with E-state index in [1.807, 2.05) is 0 Å². The van der Waals surface area contributed by atoms with E-state index in [4.69, 9.17) is 0 Å². The van der Waals surface area contributed by atoms with Crippen LogP contribution in [0, 0.1) is 11.6 Å². The topological polar surface area (TPSA) is 24.9 Å². The van der Waals surface area contributed by atoms with Gasteiger partial charge in [0.25, 0.3) is 0 Å². The van der Waals surface area contributed by atoms with E-state index < -0.39 is 11.6 Å². The second kappa shape index (κ2) is 5.93. The zero-order valence-electron chi connectivity index (χ0n) is 9.78. The molecule has 0 saturated carbocycles. The maximum Gasteiger partial charge on any atom is 0.140 e. The number of rotatable bonds is 4. The molecule has 1 heterocycles. The van der Waals surface area contributed by atoms with Crippen molar-refractivity contribution in [1.82, 2.24) is 10.3 Å². The quantitative estimate of drug-likeness (QED) is 0.919. The first-order valence-corrected chi connectivity index (χ1v) is 6.22. The molecule has 0 amide bonds. The molecule has 2 aromatic rings. The summed E-state index contributed by atoms with van der Waals surface area (Å²) in [6, 6.07) is 6.13. The van der Waals surface area contributed by atoms with Crippen LogP contribution in [0.1, 0.15) is 5.56 Å². The van der Waals surface area contributed by atoms with Gasteiger partial charge in [-0.05, 0) is 36.9 Å². The van der Waals surface area contributed by atoms with E-state index in [2.05, 4.69) is 10.3 Å². The molecule has 0 aliphatic rings. The molecule has 0 aliphatic heterocycles. The van der Waals surface area contributed by atoms with E-state index in [0.29, 0.717) is 12.1 Å². The summed E-state index contributed by atoms with van der Waals surface area (Å²) < 4.78 is 27.6. The number of pyridine rings is 1. The Morgan fingerprint density at radius 1 is 1.17 bits per heavy atom. The zero-order valence-corrected chi connectivity index (χ0v) is 10.6. The van der Waals surface area contributed by atoms with E-state index in [-0.39, 0.29) is 4.90 Å². The predicted octanol–water partition coefficient (Wildman–Crippen LogP) is 3.23. The Balaban J connectivity index is 2.28. The minimum atomic E-state index is -0.540. The highest BCUT2D eigenvalue weighted by Crippen LogP contribution is 2.32. The van der Waals surface area contributed by atoms with Crippen molar-refractivity contribution >= 4 is 11.8 Å². The molecule has 2 nitrogen and oxygen atoms in total. The molecule has 94 valence electrons. The standard InChI is InChI=1S/C13H12F2N2S/c1-16-8-9-6-11(14)13(12(15)7-9)18-10-2-4-17-5-3-10/h2-7,16H,8H2,1H3. The lowest BCUT2D eigenvalue weighted by atomic mass is 10.2. The third-order valence-corrected chi connectivity index (χ3v) is 3.41. The van der Waals surface area contributed by atoms with Crippen LogP contribution in [0.15, 0.2) is 46.5 Å². The second-order valence-corrected chi connectivity index (χ2v) is 4.79. The van der Waals surface area contributed by atoms with Crippen molar-refractivity contribution in [2.75, 3.05) is 7.05 Å². The first kappa shape index (κ1) is 13.0. The molecular weight excluding hydrogens is 254 g/mol. The molecule has 0 spiro atoms. The Hall–Kier alpha value is -1.46. The van der Waals surface area contributed by atoms with Crippen LogP contribution in [0.5, 0.6) is 0 Å². The molecule has 0 bridgehead atoms. The fourth-order valence-corrected chi connectivity index (χ4v) is 2.35. The van der Waals surface area contributed by atoms with Crippen molar-refractivity contribution in [2.24, 2.45) is 0 Å². The molecule has 0 fully saturated rings. The molecule has 0 aliphatic carbocycles. The number of hydrogen-bond acceptors (Lipinski definition) is 3. The van der Waals surface area contributed by atoms with Crippen LogP contribution in [-0.4, -0.2) is 12.0 Å². The van der Waals surface area contributed by atoms with Crippen molar-refractivity contribution in [3.8, 4) is 0 Å². The number of hydrogen-bond donors (Lipinski definition) is 1. The van der Waals surface area contributed by atoms with Crippen LogP contribution < -0.4 is 5.32 Å². The Labute approximate surface area is 108 Å². The fraction of sp³-hybridized carbons (Fsp3) is 0.154. The number of halogens is 2. The van der Waals surface area contributed by atoms with Gasteiger partial charge in [0.1, 0.15) is 11.6 Å². The average Bonchev–Trinajstić information content (AvgIpc) is 2.36. The summed E-state index contributed by atoms with van der Waals surface area (Å²) in [4.78, 5) is 4.63. The van der Waals surface area contributed by atoms with Gasteiger partial charge in [-0.3, -0.25) is 4.98 Å². The van der Waals surface area contributed by atoms with Crippen molar-refractivity contribution < 1.29 is 8.78 Å². The van der Waals surface area contributed by atoms with Gasteiger partial charge in [-0.15, -0.1) is 0 Å². The minimum absolute atomic E-state index is 0.0149. The highest BCUT2D eigenvalue weighted by molar-refractivity contribution is 7.99. The summed E-state index contributed by atoms with van der Waals surface area (Å²) in [6.45, 7) is 0.439. The van der Waals surface area contributed by atoms with E-state index >= 15 is 0 Å². The molecule has 0 saturated heterocycles. The lowest BCUT2D eigenvalue weighted by Crippen LogP contribution is -2.06. The molecule has 0 radical (unpaired) electrons. The zero-order chi connectivity index (χ0) is 13.0. The highest BCUT2D eigenvalue weighted by Gasteiger charge is 2.12. The summed E-state index contributed by atoms with van der Waals surface area (Å²) in [7, 11) is 1.73. The lowest BCUT2D eigenvalue weighted by Gasteiger charge is -2.07. The number of nitrogens with one attached hydrogen (secondary N) is 1. The normalized spacial score (nSPS) is 10.6. The van der Waals surface area contributed by atoms with Gasteiger partial charge in [0.05, 0.1) is 4.90 Å². The van der Waals surface area contributed by atoms with Gasteiger partial charge in [0, 0.05) is 23.8 Å². The number of nitrogens with zero attached hydrogens (tertiary/aromatic N) is 1. The van der Waals surface area contributed by atoms with Gasteiger partial charge >= 0.3 is 0 Å². The van der Waals surface area contributed by atoms with Gasteiger partial charge in [-0.1, -0.05) is 11.8 Å². The van der Waals surface area contributed by atoms with Crippen molar-refractivity contribution in [3.05, 3.63) is 53.9 Å². The summed E-state index contributed by atoms with van der Waals surface area (Å²) in [5.41, 5.74) is 0.589. The van der Waals surface area contributed by atoms with E-state index in [1.54, 1.807) is 31.6 Å². The Morgan fingerprint density at radius 3 is 2.33 bits per heavy atom. The molecule has 0 atom stereocenters. The van der Waals surface area contributed by atoms with E-state index in [1.165, 1.54) is 12.1 Å². The van der Waals surface area contributed by atoms with Crippen LogP contribution in [0.2, 0.25) is 0 Å². The molecule has 1 aromatic carbocycles. The smallest absolute Gasteiger partial charge is 0.140 e. The molecule has 1 aromatic heterocycles. The van der Waals surface area contributed by atoms with Crippen molar-refractivity contribution in [3.63, 3.8) is 0 Å². The molecular formula is C13H12F2N2S. The predicted molar refractivity (Wildman–Crippen MR) is 67.5 cm³/mol. The first-order chi connectivity index (χ1) is 8.70. The largest absolute Gasteiger partial charge is 0.316 e. The Morgan fingerprint density at radius 2 is 1.78 bits per heavy atom. The molecule has 0 unspecified atom stereocenters. The van der Waals surface area contributed by atoms with Crippen LogP contribution >= 0.6 is 11.8 Å². The SMILES string of the molecule is CNCc1cc(F)c(Sc2ccncc2)c(F)c1. The molecule has 2 rings (SSSR count). The maximum absolute atomic E-state index is 13.8. The summed E-state index contributed by atoms with van der Waals surface area (Å²) in [6.07, 6.45) is 3.18. The fourth-order valence-electron chi connectivity index (χ4n) is 1.54. The number of benzene rings is 1. The minimum Gasteiger partial charge on any atom is -0.316 e. The van der Waals surface area contributed by atoms with Gasteiger partial charge in [-0.2, -0.15) is 0 Å². The summed E-state index contributed by atoms with van der Waals surface area (Å²) in [5, 5.41) is 2.86. The monoisotopic (exact) mass is 266 g/mol. The second-order valence-electron chi connectivity index (χ2n) is 3.70. The molecule has 1 N–H and O–H groups in total. The van der Waals surface area contributed by atoms with Crippen molar-refractivity contribution in [1.29, 1.82) is 0 Å². The summed E-state index contributed by atoms with van der Waals surface area (Å²) >= 11 is 1.06. The van der Waals surface area contributed by atoms with Gasteiger partial charge in [-0.25, -0.2) is 8.78 Å². The van der Waals surface area contributed by atoms with Gasteiger partial charge < -0.3 is 5.32 Å². The van der Waals surface area contributed by atoms with Gasteiger partial charge in [0.15, 0.2) is 0 Å². The Bertz CT molecular complexity index is 509. The summed E-state index contributed by atoms with van der Waals surface area (Å²) in [5.74, 6) is -1.08. The maximum atomic E-state index is 13.8. The Kier molecular flexibility index (Phi) is 4.28. The highest BCUT2D eigenvalue weighted by atomic mass is 32.2. The first-order valence-electron chi connectivity index (χ1n) is 5.41. The molecule has 5 heteroatoms. The van der Waals surface area contributed by atoms with Gasteiger partial charge in [0.2, 0.25) is 0 Å². The van der Waals surface area contributed by atoms with E-state index in [0.717, 1.165) is 16.7 Å². The molecule has 18 heavy (non-hydrogen) atoms. The third kappa shape index (κ3) is 3.05. The average molecular weight is 266 g/mol. The van der Waals surface area contributed by atoms with Crippen LogP contribution in [0.25, 0.3) is 0 Å². The third-order valence-electron chi connectivity index (χ3n) is 2.31.